The van der Waals surface area contributed by atoms with Crippen LogP contribution in [0.5, 0.6) is 0 Å². The van der Waals surface area contributed by atoms with Crippen molar-refractivity contribution in [2.75, 3.05) is 26.2 Å². The van der Waals surface area contributed by atoms with Crippen molar-refractivity contribution in [3.63, 3.8) is 0 Å². The average Bonchev–Trinajstić information content (AvgIpc) is 3.55. The van der Waals surface area contributed by atoms with Gasteiger partial charge in [0.05, 0.1) is 41.8 Å². The van der Waals surface area contributed by atoms with Crippen LogP contribution in [0.15, 0.2) is 48.9 Å². The Bertz CT molecular complexity index is 1780. The fourth-order valence-corrected chi connectivity index (χ4v) is 6.10. The van der Waals surface area contributed by atoms with E-state index in [4.69, 9.17) is 0 Å². The number of hydrogen-bond acceptors (Lipinski definition) is 5. The Morgan fingerprint density at radius 1 is 1.12 bits per heavy atom. The van der Waals surface area contributed by atoms with Crippen LogP contribution in [0.25, 0.3) is 27.8 Å². The number of nitrogens with zero attached hydrogens (tertiary/aromatic N) is 5. The first kappa shape index (κ1) is 25.6. The normalized spacial score (nSPS) is 22.5. The predicted molar refractivity (Wildman–Crippen MR) is 140 cm³/mol. The number of aromatic nitrogens is 3. The Hall–Kier alpha value is -4.39. The highest BCUT2D eigenvalue weighted by molar-refractivity contribution is 6.33. The topological polar surface area (TPSA) is 84.1 Å². The molecule has 9 nitrogen and oxygen atoms in total. The average molecular weight is 569 g/mol. The number of alkyl halides is 3. The molecule has 1 N–H and O–H groups in total. The highest BCUT2D eigenvalue weighted by Gasteiger charge is 2.50. The van der Waals surface area contributed by atoms with Gasteiger partial charge in [-0.2, -0.15) is 8.78 Å². The summed E-state index contributed by atoms with van der Waals surface area (Å²) in [6.07, 6.45) is 1.43. The van der Waals surface area contributed by atoms with Gasteiger partial charge in [-0.1, -0.05) is 6.07 Å². The lowest BCUT2D eigenvalue weighted by Gasteiger charge is -2.41. The number of pyridine rings is 1. The van der Waals surface area contributed by atoms with Crippen molar-refractivity contribution >= 4 is 39.6 Å². The second-order valence-corrected chi connectivity index (χ2v) is 10.7. The van der Waals surface area contributed by atoms with Crippen LogP contribution in [0.2, 0.25) is 0 Å². The van der Waals surface area contributed by atoms with Crippen LogP contribution < -0.4 is 5.32 Å². The third-order valence-electron chi connectivity index (χ3n) is 7.64. The zero-order chi connectivity index (χ0) is 28.7. The van der Waals surface area contributed by atoms with Crippen LogP contribution in [-0.2, 0) is 22.6 Å². The van der Waals surface area contributed by atoms with E-state index in [9.17, 15) is 22.8 Å². The van der Waals surface area contributed by atoms with Gasteiger partial charge in [0, 0.05) is 43.0 Å². The van der Waals surface area contributed by atoms with E-state index in [1.54, 1.807) is 12.4 Å². The molecule has 1 saturated heterocycles. The molecule has 0 aliphatic carbocycles. The molecular weight excluding hydrogens is 544 g/mol. The standard InChI is InChI=1S/C28H24F4N6O3/c1-27(30)14-37(15-28(31,32)41-27)26(40)36-7-6-35-13-19(18-9-17(29)8-16(12-36)25(18)35)23-21(39)11-34-24(23)20-10-33-22-4-2-3-5-38(20)22/h2-5,8-10,13,34H,6-7,11-12,14-15H2,1H3. The van der Waals surface area contributed by atoms with E-state index in [1.807, 2.05) is 33.4 Å². The molecule has 3 aromatic heterocycles. The van der Waals surface area contributed by atoms with Crippen LogP contribution in [0.3, 0.4) is 0 Å². The molecule has 0 bridgehead atoms. The van der Waals surface area contributed by atoms with Crippen LogP contribution >= 0.6 is 0 Å². The molecule has 1 atom stereocenters. The van der Waals surface area contributed by atoms with Gasteiger partial charge in [0.2, 0.25) is 5.85 Å². The summed E-state index contributed by atoms with van der Waals surface area (Å²) in [6, 6.07) is 7.40. The largest absolute Gasteiger partial charge is 0.375 e. The summed E-state index contributed by atoms with van der Waals surface area (Å²) < 4.78 is 65.5. The maximum Gasteiger partial charge on any atom is 0.375 e. The molecule has 0 radical (unpaired) electrons. The first-order valence-corrected chi connectivity index (χ1v) is 13.1. The minimum absolute atomic E-state index is 0.0690. The minimum atomic E-state index is -3.84. The second-order valence-electron chi connectivity index (χ2n) is 10.7. The Morgan fingerprint density at radius 3 is 2.76 bits per heavy atom. The lowest BCUT2D eigenvalue weighted by atomic mass is 9.99. The summed E-state index contributed by atoms with van der Waals surface area (Å²) in [5, 5.41) is 3.66. The molecule has 2 amide bonds. The molecule has 6 heterocycles. The summed E-state index contributed by atoms with van der Waals surface area (Å²) in [5.74, 6) is -3.46. The van der Waals surface area contributed by atoms with Crippen molar-refractivity contribution < 1.29 is 31.9 Å². The highest BCUT2D eigenvalue weighted by atomic mass is 19.3. The summed E-state index contributed by atoms with van der Waals surface area (Å²) in [7, 11) is 0. The summed E-state index contributed by atoms with van der Waals surface area (Å²) in [4.78, 5) is 32.9. The monoisotopic (exact) mass is 568 g/mol. The van der Waals surface area contributed by atoms with Gasteiger partial charge in [0.1, 0.15) is 18.0 Å². The number of carbonyl (C=O) groups excluding carboxylic acids is 2. The third kappa shape index (κ3) is 4.22. The van der Waals surface area contributed by atoms with E-state index in [0.717, 1.165) is 11.8 Å². The van der Waals surface area contributed by atoms with E-state index >= 15 is 4.39 Å². The van der Waals surface area contributed by atoms with E-state index < -0.39 is 36.9 Å². The van der Waals surface area contributed by atoms with Crippen molar-refractivity contribution in [2.45, 2.75) is 32.0 Å². The first-order valence-electron chi connectivity index (χ1n) is 13.1. The number of rotatable bonds is 2. The van der Waals surface area contributed by atoms with Crippen molar-refractivity contribution in [1.29, 1.82) is 0 Å². The molecule has 3 aliphatic rings. The van der Waals surface area contributed by atoms with Gasteiger partial charge in [0.15, 0.2) is 5.78 Å². The summed E-state index contributed by atoms with van der Waals surface area (Å²) in [6.45, 7) is -0.590. The zero-order valence-corrected chi connectivity index (χ0v) is 21.8. The highest BCUT2D eigenvalue weighted by Crippen LogP contribution is 2.38. The molecule has 3 aliphatic heterocycles. The van der Waals surface area contributed by atoms with E-state index in [-0.39, 0.29) is 32.0 Å². The minimum Gasteiger partial charge on any atom is -0.375 e. The molecule has 7 rings (SSSR count). The Morgan fingerprint density at radius 2 is 1.95 bits per heavy atom. The fourth-order valence-electron chi connectivity index (χ4n) is 6.10. The lowest BCUT2D eigenvalue weighted by molar-refractivity contribution is -0.354. The number of urea groups is 1. The van der Waals surface area contributed by atoms with Crippen molar-refractivity contribution in [2.24, 2.45) is 0 Å². The van der Waals surface area contributed by atoms with Gasteiger partial charge in [-0.15, -0.1) is 0 Å². The Labute approximate surface area is 230 Å². The Balaban J connectivity index is 1.30. The Kier molecular flexibility index (Phi) is 5.49. The number of benzene rings is 1. The smallest absolute Gasteiger partial charge is 0.375 e. The maximum atomic E-state index is 15.1. The quantitative estimate of drug-likeness (QED) is 0.370. The number of carbonyl (C=O) groups is 2. The van der Waals surface area contributed by atoms with Crippen LogP contribution in [0.1, 0.15) is 23.7 Å². The lowest BCUT2D eigenvalue weighted by Crippen LogP contribution is -2.59. The van der Waals surface area contributed by atoms with Gasteiger partial charge in [0.25, 0.3) is 0 Å². The van der Waals surface area contributed by atoms with Crippen LogP contribution in [0, 0.1) is 5.82 Å². The molecule has 41 heavy (non-hydrogen) atoms. The number of hydrogen-bond donors (Lipinski definition) is 1. The molecule has 4 aromatic rings. The molecule has 1 aromatic carbocycles. The number of imidazole rings is 1. The maximum absolute atomic E-state index is 15.1. The van der Waals surface area contributed by atoms with E-state index in [1.165, 1.54) is 17.0 Å². The summed E-state index contributed by atoms with van der Waals surface area (Å²) >= 11 is 0. The van der Waals surface area contributed by atoms with Gasteiger partial charge >= 0.3 is 12.1 Å². The van der Waals surface area contributed by atoms with Crippen molar-refractivity contribution in [1.82, 2.24) is 29.1 Å². The fraction of sp³-hybridized carbons (Fsp3) is 0.321. The SMILES string of the molecule is CC1(F)CN(C(=O)N2CCn3cc(C4=C(c5cnc6ccccn56)NCC4=O)c4cc(F)cc(c43)C2)CC(F)(F)O1. The molecule has 1 fully saturated rings. The summed E-state index contributed by atoms with van der Waals surface area (Å²) in [5.41, 5.74) is 3.98. The van der Waals surface area contributed by atoms with Crippen molar-refractivity contribution in [3.8, 4) is 0 Å². The van der Waals surface area contributed by atoms with Crippen LogP contribution in [-0.4, -0.2) is 73.7 Å². The van der Waals surface area contributed by atoms with E-state index in [2.05, 4.69) is 15.0 Å². The molecule has 1 unspecified atom stereocenters. The number of Topliss-reactive ketones (excluding diaryl/α,β-unsaturated/α-hetero) is 1. The number of fused-ring (bicyclic) bond motifs is 1. The first-order chi connectivity index (χ1) is 19.5. The van der Waals surface area contributed by atoms with Gasteiger partial charge in [-0.05, 0) is 36.8 Å². The second kappa shape index (κ2) is 8.80. The molecule has 0 spiro atoms. The number of ketones is 1. The molecule has 0 saturated carbocycles. The van der Waals surface area contributed by atoms with E-state index in [0.29, 0.717) is 44.6 Å². The van der Waals surface area contributed by atoms with Crippen LogP contribution in [0.4, 0.5) is 22.4 Å². The van der Waals surface area contributed by atoms with Gasteiger partial charge in [-0.25, -0.2) is 18.6 Å². The molecule has 212 valence electrons. The number of halogens is 4. The zero-order valence-electron chi connectivity index (χ0n) is 21.8. The number of ether oxygens (including phenoxy) is 1. The van der Waals surface area contributed by atoms with Gasteiger partial charge in [-0.3, -0.25) is 13.9 Å². The third-order valence-corrected chi connectivity index (χ3v) is 7.64. The number of amides is 2. The predicted octanol–water partition coefficient (Wildman–Crippen LogP) is 4.02. The number of morpholine rings is 1. The van der Waals surface area contributed by atoms with Gasteiger partial charge < -0.3 is 19.7 Å². The van der Waals surface area contributed by atoms with Crippen molar-refractivity contribution in [3.05, 3.63) is 71.6 Å². The number of nitrogens with one attached hydrogen (secondary N) is 1. The molecule has 13 heteroatoms. The molecular formula is C28H24F4N6O3.